The Morgan fingerprint density at radius 1 is 0.788 bits per heavy atom. The fourth-order valence-electron chi connectivity index (χ4n) is 4.28. The van der Waals surface area contributed by atoms with Crippen LogP contribution >= 0.6 is 0 Å². The number of amides is 1. The van der Waals surface area contributed by atoms with Gasteiger partial charge in [0.15, 0.2) is 0 Å². The SMILES string of the molecule is N#CC1(Cc2ccccc2)N=C(c2ccccc2)c2ccccc2N1C(=O)c1ccccc1. The lowest BCUT2D eigenvalue weighted by Gasteiger charge is -2.41. The van der Waals surface area contributed by atoms with Gasteiger partial charge in [0.05, 0.1) is 11.4 Å². The molecular weight excluding hydrogens is 406 g/mol. The van der Waals surface area contributed by atoms with Crippen molar-refractivity contribution in [1.82, 2.24) is 0 Å². The molecule has 1 unspecified atom stereocenters. The minimum absolute atomic E-state index is 0.253. The van der Waals surface area contributed by atoms with Crippen molar-refractivity contribution in [2.75, 3.05) is 4.90 Å². The van der Waals surface area contributed by atoms with Crippen molar-refractivity contribution < 1.29 is 4.79 Å². The number of carbonyl (C=O) groups is 1. The van der Waals surface area contributed by atoms with Crippen LogP contribution in [0, 0.1) is 11.3 Å². The van der Waals surface area contributed by atoms with Crippen LogP contribution in [-0.2, 0) is 6.42 Å². The van der Waals surface area contributed by atoms with E-state index in [1.807, 2.05) is 103 Å². The average Bonchev–Trinajstić information content (AvgIpc) is 2.89. The molecule has 0 fully saturated rings. The summed E-state index contributed by atoms with van der Waals surface area (Å²) in [5, 5.41) is 10.6. The molecule has 0 bridgehead atoms. The number of hydrogen-bond acceptors (Lipinski definition) is 3. The summed E-state index contributed by atoms with van der Waals surface area (Å²) in [7, 11) is 0. The lowest BCUT2D eigenvalue weighted by atomic mass is 9.90. The molecule has 4 aromatic carbocycles. The number of benzene rings is 4. The highest BCUT2D eigenvalue weighted by molar-refractivity contribution is 6.21. The normalized spacial score (nSPS) is 16.9. The molecule has 0 radical (unpaired) electrons. The van der Waals surface area contributed by atoms with Gasteiger partial charge in [-0.05, 0) is 23.8 Å². The second kappa shape index (κ2) is 8.57. The van der Waals surface area contributed by atoms with Gasteiger partial charge in [0.2, 0.25) is 5.66 Å². The van der Waals surface area contributed by atoms with Gasteiger partial charge in [0.25, 0.3) is 5.91 Å². The summed E-state index contributed by atoms with van der Waals surface area (Å²) in [6, 6.07) is 38.7. The molecule has 4 aromatic rings. The Hall–Kier alpha value is -4.49. The standard InChI is InChI=1S/C29H21N3O/c30-21-29(20-22-12-4-1-5-13-22)31-27(23-14-6-2-7-15-23)25-18-10-11-19-26(25)32(29)28(33)24-16-8-3-9-17-24/h1-19H,20H2. The number of carbonyl (C=O) groups excluding carboxylic acids is 1. The summed E-state index contributed by atoms with van der Waals surface area (Å²) in [6.07, 6.45) is 0.271. The van der Waals surface area contributed by atoms with Crippen molar-refractivity contribution in [3.63, 3.8) is 0 Å². The zero-order valence-corrected chi connectivity index (χ0v) is 17.9. The van der Waals surface area contributed by atoms with Gasteiger partial charge in [-0.3, -0.25) is 9.69 Å². The summed E-state index contributed by atoms with van der Waals surface area (Å²) in [5.74, 6) is -0.253. The molecule has 4 nitrogen and oxygen atoms in total. The third-order valence-electron chi connectivity index (χ3n) is 5.81. The third kappa shape index (κ3) is 3.71. The minimum Gasteiger partial charge on any atom is -0.269 e. The number of anilines is 1. The van der Waals surface area contributed by atoms with E-state index in [1.54, 1.807) is 17.0 Å². The van der Waals surface area contributed by atoms with Crippen LogP contribution in [0.1, 0.15) is 27.0 Å². The van der Waals surface area contributed by atoms with Crippen LogP contribution in [-0.4, -0.2) is 17.3 Å². The first kappa shape index (κ1) is 20.4. The smallest absolute Gasteiger partial charge is 0.261 e. The van der Waals surface area contributed by atoms with Gasteiger partial charge in [-0.25, -0.2) is 4.99 Å². The van der Waals surface area contributed by atoms with Gasteiger partial charge in [-0.1, -0.05) is 97.1 Å². The largest absolute Gasteiger partial charge is 0.269 e. The van der Waals surface area contributed by atoms with E-state index in [0.29, 0.717) is 17.0 Å². The van der Waals surface area contributed by atoms with Crippen molar-refractivity contribution >= 4 is 17.3 Å². The molecule has 0 aliphatic carbocycles. The van der Waals surface area contributed by atoms with E-state index in [0.717, 1.165) is 16.7 Å². The fourth-order valence-corrected chi connectivity index (χ4v) is 4.28. The molecule has 1 aliphatic rings. The summed E-state index contributed by atoms with van der Waals surface area (Å²) < 4.78 is 0. The summed E-state index contributed by atoms with van der Waals surface area (Å²) in [6.45, 7) is 0. The average molecular weight is 428 g/mol. The molecule has 0 saturated heterocycles. The molecule has 1 amide bonds. The highest BCUT2D eigenvalue weighted by Gasteiger charge is 2.46. The van der Waals surface area contributed by atoms with Crippen molar-refractivity contribution in [3.8, 4) is 6.07 Å². The Kier molecular flexibility index (Phi) is 5.30. The van der Waals surface area contributed by atoms with Gasteiger partial charge in [0.1, 0.15) is 6.07 Å². The molecule has 0 N–H and O–H groups in total. The van der Waals surface area contributed by atoms with Gasteiger partial charge >= 0.3 is 0 Å². The Bertz CT molecular complexity index is 1360. The van der Waals surface area contributed by atoms with Gasteiger partial charge < -0.3 is 0 Å². The Morgan fingerprint density at radius 3 is 2.03 bits per heavy atom. The summed E-state index contributed by atoms with van der Waals surface area (Å²) in [5.41, 5.74) is 3.13. The monoisotopic (exact) mass is 427 g/mol. The Balaban J connectivity index is 1.76. The Morgan fingerprint density at radius 2 is 1.36 bits per heavy atom. The number of hydrogen-bond donors (Lipinski definition) is 0. The first-order chi connectivity index (χ1) is 16.2. The topological polar surface area (TPSA) is 56.5 Å². The molecule has 1 heterocycles. The lowest BCUT2D eigenvalue weighted by Crippen LogP contribution is -2.54. The zero-order chi connectivity index (χ0) is 22.7. The van der Waals surface area contributed by atoms with Gasteiger partial charge in [-0.2, -0.15) is 5.26 Å². The molecule has 0 saturated carbocycles. The molecule has 33 heavy (non-hydrogen) atoms. The first-order valence-electron chi connectivity index (χ1n) is 10.8. The number of aliphatic imine (C=N–C) groups is 1. The van der Waals surface area contributed by atoms with E-state index in [9.17, 15) is 10.1 Å². The van der Waals surface area contributed by atoms with E-state index in [-0.39, 0.29) is 12.3 Å². The maximum Gasteiger partial charge on any atom is 0.261 e. The molecule has 1 atom stereocenters. The quantitative estimate of drug-likeness (QED) is 0.423. The van der Waals surface area contributed by atoms with Crippen LogP contribution in [0.4, 0.5) is 5.69 Å². The van der Waals surface area contributed by atoms with Crippen LogP contribution in [0.2, 0.25) is 0 Å². The highest BCUT2D eigenvalue weighted by atomic mass is 16.2. The zero-order valence-electron chi connectivity index (χ0n) is 17.9. The molecule has 0 spiro atoms. The summed E-state index contributed by atoms with van der Waals surface area (Å²) in [4.78, 5) is 20.5. The van der Waals surface area contributed by atoms with Crippen LogP contribution in [0.5, 0.6) is 0 Å². The number of rotatable bonds is 4. The molecule has 158 valence electrons. The van der Waals surface area contributed by atoms with Crippen LogP contribution in [0.25, 0.3) is 0 Å². The third-order valence-corrected chi connectivity index (χ3v) is 5.81. The van der Waals surface area contributed by atoms with E-state index in [4.69, 9.17) is 4.99 Å². The number of para-hydroxylation sites is 1. The number of fused-ring (bicyclic) bond motifs is 1. The molecule has 5 rings (SSSR count). The van der Waals surface area contributed by atoms with Crippen molar-refractivity contribution in [3.05, 3.63) is 138 Å². The van der Waals surface area contributed by atoms with Gasteiger partial charge in [0, 0.05) is 23.1 Å². The van der Waals surface area contributed by atoms with E-state index in [1.165, 1.54) is 0 Å². The first-order valence-corrected chi connectivity index (χ1v) is 10.8. The van der Waals surface area contributed by atoms with Crippen molar-refractivity contribution in [2.45, 2.75) is 12.1 Å². The second-order valence-corrected chi connectivity index (χ2v) is 7.94. The maximum atomic E-state index is 13.9. The molecule has 1 aliphatic heterocycles. The predicted octanol–water partition coefficient (Wildman–Crippen LogP) is 5.65. The number of nitrogens with zero attached hydrogens (tertiary/aromatic N) is 3. The van der Waals surface area contributed by atoms with E-state index in [2.05, 4.69) is 6.07 Å². The second-order valence-electron chi connectivity index (χ2n) is 7.94. The highest BCUT2D eigenvalue weighted by Crippen LogP contribution is 2.39. The minimum atomic E-state index is -1.44. The Labute approximate surface area is 193 Å². The predicted molar refractivity (Wildman–Crippen MR) is 130 cm³/mol. The van der Waals surface area contributed by atoms with Crippen LogP contribution in [0.3, 0.4) is 0 Å². The summed E-state index contributed by atoms with van der Waals surface area (Å²) >= 11 is 0. The van der Waals surface area contributed by atoms with Crippen molar-refractivity contribution in [1.29, 1.82) is 5.26 Å². The van der Waals surface area contributed by atoms with Crippen LogP contribution in [0.15, 0.2) is 120 Å². The molecular formula is C29H21N3O. The molecule has 4 heteroatoms. The maximum absolute atomic E-state index is 13.9. The van der Waals surface area contributed by atoms with Gasteiger partial charge in [-0.15, -0.1) is 0 Å². The lowest BCUT2D eigenvalue weighted by molar-refractivity contribution is 0.0966. The molecule has 0 aromatic heterocycles. The van der Waals surface area contributed by atoms with E-state index >= 15 is 0 Å². The fraction of sp³-hybridized carbons (Fsp3) is 0.0690. The number of nitriles is 1. The van der Waals surface area contributed by atoms with Crippen LogP contribution < -0.4 is 4.90 Å². The van der Waals surface area contributed by atoms with Crippen molar-refractivity contribution in [2.24, 2.45) is 4.99 Å². The van der Waals surface area contributed by atoms with E-state index < -0.39 is 5.66 Å².